The van der Waals surface area contributed by atoms with Crippen LogP contribution in [0.15, 0.2) is 22.7 Å². The largest absolute Gasteiger partial charge is 1.00 e. The average Bonchev–Trinajstić information content (AvgIpc) is 2.01. The third kappa shape index (κ3) is 4.43. The fourth-order valence-electron chi connectivity index (χ4n) is 0.924. The van der Waals surface area contributed by atoms with Crippen molar-refractivity contribution in [1.29, 1.82) is 0 Å². The van der Waals surface area contributed by atoms with Crippen molar-refractivity contribution in [2.24, 2.45) is 0 Å². The number of alkyl halides is 2. The molecule has 1 aromatic rings. The molecule has 0 spiro atoms. The molecule has 1 rings (SSSR count). The summed E-state index contributed by atoms with van der Waals surface area (Å²) in [5.41, 5.74) is -1.32. The number of benzene rings is 1. The Hall–Kier alpha value is 1.05. The fourth-order valence-corrected chi connectivity index (χ4v) is 1.49. The van der Waals surface area contributed by atoms with Crippen molar-refractivity contribution in [2.75, 3.05) is 0 Å². The number of hydrogen-bond donors (Lipinski definition) is 0. The van der Waals surface area contributed by atoms with Crippen molar-refractivity contribution in [3.05, 3.63) is 28.2 Å². The minimum absolute atomic E-state index is 0. The van der Waals surface area contributed by atoms with E-state index in [1.165, 1.54) is 0 Å². The minimum Gasteiger partial charge on any atom is -0.445 e. The van der Waals surface area contributed by atoms with E-state index in [4.69, 9.17) is 0 Å². The topological polar surface area (TPSA) is 0 Å². The second kappa shape index (κ2) is 6.11. The number of rotatable bonds is 2. The van der Waals surface area contributed by atoms with E-state index in [0.29, 0.717) is 12.1 Å². The summed E-state index contributed by atoms with van der Waals surface area (Å²) in [4.78, 5) is 0. The molecular formula is C7H4BBrF5K. The molecule has 8 heteroatoms. The van der Waals surface area contributed by atoms with E-state index in [-0.39, 0.29) is 55.9 Å². The van der Waals surface area contributed by atoms with Crippen molar-refractivity contribution in [3.8, 4) is 0 Å². The summed E-state index contributed by atoms with van der Waals surface area (Å²) >= 11 is 2.67. The van der Waals surface area contributed by atoms with E-state index >= 15 is 0 Å². The molecule has 0 unspecified atom stereocenters. The van der Waals surface area contributed by atoms with Crippen LogP contribution in [0.4, 0.5) is 21.7 Å². The van der Waals surface area contributed by atoms with Gasteiger partial charge in [0.2, 0.25) is 0 Å². The summed E-state index contributed by atoms with van der Waals surface area (Å²) in [5, 5.41) is 0. The average molecular weight is 313 g/mol. The van der Waals surface area contributed by atoms with Crippen molar-refractivity contribution in [3.63, 3.8) is 0 Å². The van der Waals surface area contributed by atoms with E-state index in [1.807, 2.05) is 0 Å². The van der Waals surface area contributed by atoms with Crippen LogP contribution in [0, 0.1) is 0 Å². The molecule has 0 saturated heterocycles. The number of halogens is 6. The van der Waals surface area contributed by atoms with Crippen LogP contribution in [0.3, 0.4) is 0 Å². The van der Waals surface area contributed by atoms with Crippen LogP contribution < -0.4 is 56.8 Å². The van der Waals surface area contributed by atoms with Gasteiger partial charge in [-0.2, -0.15) is 0 Å². The van der Waals surface area contributed by atoms with Crippen LogP contribution in [0.2, 0.25) is 0 Å². The maximum atomic E-state index is 12.2. The Kier molecular flexibility index (Phi) is 6.54. The van der Waals surface area contributed by atoms with Gasteiger partial charge in [0.05, 0.1) is 0 Å². The molecule has 0 atom stereocenters. The molecule has 0 fully saturated rings. The van der Waals surface area contributed by atoms with E-state index in [2.05, 4.69) is 15.9 Å². The summed E-state index contributed by atoms with van der Waals surface area (Å²) in [6, 6.07) is 2.10. The third-order valence-corrected chi connectivity index (χ3v) is 2.32. The maximum Gasteiger partial charge on any atom is 1.00 e. The standard InChI is InChI=1S/C7H4BBrF5.K/c9-6-3-4(8(12,13)14)1-2-5(6)7(10)11;/h1-3,7H;/q-1;+1. The van der Waals surface area contributed by atoms with Gasteiger partial charge in [-0.3, -0.25) is 0 Å². The first-order valence-electron chi connectivity index (χ1n) is 3.60. The fraction of sp³-hybridized carbons (Fsp3) is 0.143. The van der Waals surface area contributed by atoms with Gasteiger partial charge in [0.25, 0.3) is 6.43 Å². The molecule has 0 saturated carbocycles. The molecule has 78 valence electrons. The molecule has 15 heavy (non-hydrogen) atoms. The first-order chi connectivity index (χ1) is 6.32. The van der Waals surface area contributed by atoms with Crippen LogP contribution >= 0.6 is 15.9 Å². The van der Waals surface area contributed by atoms with Crippen molar-refractivity contribution >= 4 is 28.4 Å². The molecule has 0 amide bonds. The van der Waals surface area contributed by atoms with E-state index in [1.54, 1.807) is 0 Å². The summed E-state index contributed by atoms with van der Waals surface area (Å²) in [7, 11) is 0. The minimum atomic E-state index is -5.13. The first-order valence-corrected chi connectivity index (χ1v) is 4.39. The van der Waals surface area contributed by atoms with E-state index < -0.39 is 24.4 Å². The predicted molar refractivity (Wildman–Crippen MR) is 47.8 cm³/mol. The van der Waals surface area contributed by atoms with Crippen molar-refractivity contribution < 1.29 is 73.1 Å². The molecule has 0 heterocycles. The normalized spacial score (nSPS) is 11.4. The van der Waals surface area contributed by atoms with Crippen LogP contribution in [-0.2, 0) is 0 Å². The second-order valence-electron chi connectivity index (χ2n) is 2.66. The second-order valence-corrected chi connectivity index (χ2v) is 3.51. The zero-order chi connectivity index (χ0) is 10.9. The molecule has 1 aromatic carbocycles. The van der Waals surface area contributed by atoms with Gasteiger partial charge in [0, 0.05) is 10.0 Å². The Morgan fingerprint density at radius 1 is 1.13 bits per heavy atom. The Morgan fingerprint density at radius 2 is 1.67 bits per heavy atom. The van der Waals surface area contributed by atoms with Gasteiger partial charge in [-0.25, -0.2) is 8.78 Å². The first kappa shape index (κ1) is 16.1. The SMILES string of the molecule is FC(F)c1ccc([B-](F)(F)F)cc1Br.[K+]. The quantitative estimate of drug-likeness (QED) is 0.549. The zero-order valence-corrected chi connectivity index (χ0v) is 12.4. The van der Waals surface area contributed by atoms with Gasteiger partial charge in [-0.05, 0) is 0 Å². The van der Waals surface area contributed by atoms with E-state index in [9.17, 15) is 21.7 Å². The van der Waals surface area contributed by atoms with Gasteiger partial charge in [0.1, 0.15) is 0 Å². The molecule has 0 aliphatic rings. The molecule has 0 aliphatic heterocycles. The van der Waals surface area contributed by atoms with Crippen LogP contribution in [-0.4, -0.2) is 6.98 Å². The smallest absolute Gasteiger partial charge is 0.445 e. The predicted octanol–water partition coefficient (Wildman–Crippen LogP) is 0.445. The van der Waals surface area contributed by atoms with Gasteiger partial charge >= 0.3 is 58.4 Å². The monoisotopic (exact) mass is 312 g/mol. The van der Waals surface area contributed by atoms with Crippen LogP contribution in [0.1, 0.15) is 12.0 Å². The summed E-state index contributed by atoms with van der Waals surface area (Å²) in [6.07, 6.45) is -2.78. The molecule has 0 N–H and O–H groups in total. The summed E-state index contributed by atoms with van der Waals surface area (Å²) in [6.45, 7) is -5.13. The van der Waals surface area contributed by atoms with Gasteiger partial charge in [-0.15, -0.1) is 5.46 Å². The van der Waals surface area contributed by atoms with Crippen LogP contribution in [0.25, 0.3) is 0 Å². The van der Waals surface area contributed by atoms with Gasteiger partial charge < -0.3 is 12.9 Å². The zero-order valence-electron chi connectivity index (χ0n) is 7.65. The van der Waals surface area contributed by atoms with E-state index in [0.717, 1.165) is 6.07 Å². The molecule has 0 bridgehead atoms. The molecule has 0 aliphatic carbocycles. The Morgan fingerprint density at radius 3 is 2.00 bits per heavy atom. The van der Waals surface area contributed by atoms with Crippen molar-refractivity contribution in [1.82, 2.24) is 0 Å². The summed E-state index contributed by atoms with van der Waals surface area (Å²) in [5.74, 6) is 0. The Balaban J connectivity index is 0.00000196. The molecular weight excluding hydrogens is 309 g/mol. The molecule has 0 nitrogen and oxygen atoms in total. The molecule has 0 radical (unpaired) electrons. The van der Waals surface area contributed by atoms with Crippen LogP contribution in [0.5, 0.6) is 0 Å². The Labute approximate surface area is 134 Å². The third-order valence-electron chi connectivity index (χ3n) is 1.64. The van der Waals surface area contributed by atoms with Crippen molar-refractivity contribution in [2.45, 2.75) is 6.43 Å². The maximum absolute atomic E-state index is 12.2. The Bertz CT molecular complexity index is 341. The number of hydrogen-bond acceptors (Lipinski definition) is 0. The van der Waals surface area contributed by atoms with Gasteiger partial charge in [-0.1, -0.05) is 34.1 Å². The summed E-state index contributed by atoms with van der Waals surface area (Å²) < 4.78 is 60.5. The molecule has 0 aromatic heterocycles. The van der Waals surface area contributed by atoms with Gasteiger partial charge in [0.15, 0.2) is 0 Å².